The largest absolute Gasteiger partial charge is 0.326 e. The quantitative estimate of drug-likeness (QED) is 0.298. The predicted octanol–water partition coefficient (Wildman–Crippen LogP) is 2.51. The smallest absolute Gasteiger partial charge is 0.269 e. The summed E-state index contributed by atoms with van der Waals surface area (Å²) in [6.45, 7) is 3.35. The maximum absolute atomic E-state index is 12.2. The van der Waals surface area contributed by atoms with Crippen LogP contribution in [0.25, 0.3) is 0 Å². The average Bonchev–Trinajstić information content (AvgIpc) is 2.62. The molecule has 4 N–H and O–H groups in total. The van der Waals surface area contributed by atoms with E-state index in [4.69, 9.17) is 12.2 Å². The summed E-state index contributed by atoms with van der Waals surface area (Å²) in [5.74, 6) is -1.01. The van der Waals surface area contributed by atoms with E-state index >= 15 is 0 Å². The summed E-state index contributed by atoms with van der Waals surface area (Å²) in [5.41, 5.74) is 7.37. The number of hydrazine groups is 1. The summed E-state index contributed by atoms with van der Waals surface area (Å²) in [4.78, 5) is 35.2. The number of rotatable bonds is 3. The van der Waals surface area contributed by atoms with Gasteiger partial charge in [-0.1, -0.05) is 6.07 Å². The van der Waals surface area contributed by atoms with E-state index in [9.17, 15) is 14.4 Å². The van der Waals surface area contributed by atoms with Gasteiger partial charge in [0.05, 0.1) is 0 Å². The van der Waals surface area contributed by atoms with Crippen LogP contribution in [0.2, 0.25) is 0 Å². The molecule has 140 valence electrons. The highest BCUT2D eigenvalue weighted by molar-refractivity contribution is 14.1. The first kappa shape index (κ1) is 20.8. The fourth-order valence-corrected chi connectivity index (χ4v) is 2.69. The van der Waals surface area contributed by atoms with Crippen molar-refractivity contribution in [1.29, 1.82) is 0 Å². The minimum absolute atomic E-state index is 0.0289. The zero-order valence-electron chi connectivity index (χ0n) is 14.6. The lowest BCUT2D eigenvalue weighted by molar-refractivity contribution is -0.114. The Balaban J connectivity index is 1.87. The Hall–Kier alpha value is -2.53. The van der Waals surface area contributed by atoms with Gasteiger partial charge in [-0.05, 0) is 83.7 Å². The van der Waals surface area contributed by atoms with Crippen LogP contribution < -0.4 is 21.5 Å². The van der Waals surface area contributed by atoms with E-state index < -0.39 is 5.91 Å². The first-order chi connectivity index (χ1) is 12.8. The molecule has 0 atom stereocenters. The maximum Gasteiger partial charge on any atom is 0.269 e. The second kappa shape index (κ2) is 9.42. The molecule has 0 bridgehead atoms. The third-order valence-electron chi connectivity index (χ3n) is 3.42. The molecule has 2 rings (SSSR count). The molecular weight excluding hydrogens is 479 g/mol. The molecule has 0 radical (unpaired) electrons. The summed E-state index contributed by atoms with van der Waals surface area (Å²) in [7, 11) is 0. The number of benzene rings is 2. The van der Waals surface area contributed by atoms with Crippen LogP contribution in [0.3, 0.4) is 0 Å². The lowest BCUT2D eigenvalue weighted by atomic mass is 10.1. The molecule has 7 nitrogen and oxygen atoms in total. The van der Waals surface area contributed by atoms with Gasteiger partial charge in [-0.3, -0.25) is 30.6 Å². The van der Waals surface area contributed by atoms with E-state index in [0.29, 0.717) is 16.8 Å². The molecule has 0 spiro atoms. The molecule has 0 saturated heterocycles. The van der Waals surface area contributed by atoms with Gasteiger partial charge in [0.15, 0.2) is 5.11 Å². The lowest BCUT2D eigenvalue weighted by Crippen LogP contribution is -2.48. The monoisotopic (exact) mass is 496 g/mol. The van der Waals surface area contributed by atoms with Crippen LogP contribution in [0.1, 0.15) is 33.2 Å². The fraction of sp³-hybridized carbons (Fsp3) is 0.111. The van der Waals surface area contributed by atoms with Gasteiger partial charge in [-0.25, -0.2) is 0 Å². The summed E-state index contributed by atoms with van der Waals surface area (Å²) in [6.07, 6.45) is 0. The second-order valence-corrected chi connectivity index (χ2v) is 7.16. The van der Waals surface area contributed by atoms with E-state index in [-0.39, 0.29) is 16.9 Å². The molecule has 27 heavy (non-hydrogen) atoms. The first-order valence-electron chi connectivity index (χ1n) is 7.81. The zero-order valence-corrected chi connectivity index (χ0v) is 17.5. The van der Waals surface area contributed by atoms with Crippen molar-refractivity contribution in [2.45, 2.75) is 13.8 Å². The van der Waals surface area contributed by atoms with Crippen molar-refractivity contribution in [3.8, 4) is 0 Å². The van der Waals surface area contributed by atoms with Crippen molar-refractivity contribution >= 4 is 63.3 Å². The Labute approximate surface area is 175 Å². The minimum atomic E-state index is -0.439. The Morgan fingerprint density at radius 2 is 1.56 bits per heavy atom. The van der Waals surface area contributed by atoms with Crippen molar-refractivity contribution in [2.75, 3.05) is 5.32 Å². The van der Waals surface area contributed by atoms with Crippen LogP contribution in [-0.4, -0.2) is 22.8 Å². The van der Waals surface area contributed by atoms with E-state index in [1.54, 1.807) is 36.4 Å². The van der Waals surface area contributed by atoms with Crippen LogP contribution in [0.5, 0.6) is 0 Å². The zero-order chi connectivity index (χ0) is 20.0. The summed E-state index contributed by atoms with van der Waals surface area (Å²) >= 11 is 7.17. The first-order valence-corrected chi connectivity index (χ1v) is 9.30. The Morgan fingerprint density at radius 1 is 0.926 bits per heavy atom. The number of amides is 3. The van der Waals surface area contributed by atoms with Crippen LogP contribution in [-0.2, 0) is 4.79 Å². The summed E-state index contributed by atoms with van der Waals surface area (Å²) in [6, 6.07) is 11.6. The van der Waals surface area contributed by atoms with Gasteiger partial charge in [0.2, 0.25) is 5.91 Å². The molecule has 3 amide bonds. The van der Waals surface area contributed by atoms with E-state index in [0.717, 1.165) is 9.13 Å². The van der Waals surface area contributed by atoms with Gasteiger partial charge in [-0.15, -0.1) is 0 Å². The van der Waals surface area contributed by atoms with Gasteiger partial charge >= 0.3 is 0 Å². The highest BCUT2D eigenvalue weighted by Crippen LogP contribution is 2.13. The predicted molar refractivity (Wildman–Crippen MR) is 115 cm³/mol. The molecule has 9 heteroatoms. The number of carbonyl (C=O) groups excluding carboxylic acids is 3. The Morgan fingerprint density at radius 3 is 2.15 bits per heavy atom. The number of hydrogen-bond acceptors (Lipinski definition) is 4. The van der Waals surface area contributed by atoms with Gasteiger partial charge in [0.1, 0.15) is 0 Å². The van der Waals surface area contributed by atoms with Crippen LogP contribution in [0, 0.1) is 10.5 Å². The highest BCUT2D eigenvalue weighted by Gasteiger charge is 2.10. The fourth-order valence-electron chi connectivity index (χ4n) is 2.03. The second-order valence-electron chi connectivity index (χ2n) is 5.58. The lowest BCUT2D eigenvalue weighted by Gasteiger charge is -2.11. The number of anilines is 1. The van der Waals surface area contributed by atoms with E-state index in [1.165, 1.54) is 6.92 Å². The van der Waals surface area contributed by atoms with Gasteiger partial charge in [0, 0.05) is 27.3 Å². The van der Waals surface area contributed by atoms with Crippen molar-refractivity contribution in [2.24, 2.45) is 0 Å². The van der Waals surface area contributed by atoms with Crippen molar-refractivity contribution in [3.05, 3.63) is 62.7 Å². The average molecular weight is 496 g/mol. The molecule has 2 aromatic rings. The van der Waals surface area contributed by atoms with Gasteiger partial charge in [-0.2, -0.15) is 0 Å². The highest BCUT2D eigenvalue weighted by atomic mass is 127. The van der Waals surface area contributed by atoms with Gasteiger partial charge < -0.3 is 5.32 Å². The molecule has 0 aliphatic heterocycles. The molecule has 2 aromatic carbocycles. The van der Waals surface area contributed by atoms with Crippen molar-refractivity contribution in [1.82, 2.24) is 16.2 Å². The number of aryl methyl sites for hydroxylation is 1. The number of carbonyl (C=O) groups is 3. The van der Waals surface area contributed by atoms with E-state index in [1.807, 2.05) is 13.0 Å². The third-order valence-corrected chi connectivity index (χ3v) is 4.78. The standard InChI is InChI=1S/C18H17IN4O3S/c1-10-3-4-13(9-15(10)19)16(25)21-18(27)23-22-17(26)12-5-7-14(8-6-12)20-11(2)24/h3-9H,1-2H3,(H,20,24)(H,22,26)(H2,21,23,25,27). The maximum atomic E-state index is 12.2. The van der Waals surface area contributed by atoms with Crippen molar-refractivity contribution < 1.29 is 14.4 Å². The number of hydrogen-bond donors (Lipinski definition) is 4. The Kier molecular flexibility index (Phi) is 7.25. The Bertz CT molecular complexity index is 900. The molecule has 0 heterocycles. The normalized spacial score (nSPS) is 9.89. The molecule has 0 saturated carbocycles. The molecule has 0 unspecified atom stereocenters. The SMILES string of the molecule is CC(=O)Nc1ccc(C(=O)NNC(=S)NC(=O)c2ccc(C)c(I)c2)cc1. The molecule has 0 fully saturated rings. The molecule has 0 aliphatic carbocycles. The van der Waals surface area contributed by atoms with Gasteiger partial charge in [0.25, 0.3) is 11.8 Å². The molecule has 0 aromatic heterocycles. The van der Waals surface area contributed by atoms with E-state index in [2.05, 4.69) is 44.1 Å². The van der Waals surface area contributed by atoms with Crippen molar-refractivity contribution in [3.63, 3.8) is 0 Å². The molecular formula is C18H17IN4O3S. The summed E-state index contributed by atoms with van der Waals surface area (Å²) < 4.78 is 0.968. The minimum Gasteiger partial charge on any atom is -0.326 e. The van der Waals surface area contributed by atoms with Crippen LogP contribution in [0.15, 0.2) is 42.5 Å². The molecule has 0 aliphatic rings. The van der Waals surface area contributed by atoms with Crippen LogP contribution in [0.4, 0.5) is 5.69 Å². The number of nitrogens with one attached hydrogen (secondary N) is 4. The summed E-state index contributed by atoms with van der Waals surface area (Å²) in [5, 5.41) is 5.08. The number of halogens is 1. The number of thiocarbonyl (C=S) groups is 1. The topological polar surface area (TPSA) is 99.3 Å². The van der Waals surface area contributed by atoms with Crippen LogP contribution >= 0.6 is 34.8 Å². The third kappa shape index (κ3) is 6.29.